The number of nitro benzene ring substituents is 1. The van der Waals surface area contributed by atoms with Crippen LogP contribution in [0.3, 0.4) is 0 Å². The maximum absolute atomic E-state index is 11.9. The van der Waals surface area contributed by atoms with Crippen molar-refractivity contribution >= 4 is 34.8 Å². The average molecular weight is 301 g/mol. The number of nitrogens with one attached hydrogen (secondary N) is 2. The zero-order valence-corrected chi connectivity index (χ0v) is 11.5. The summed E-state index contributed by atoms with van der Waals surface area (Å²) >= 11 is 5.74. The van der Waals surface area contributed by atoms with Crippen LogP contribution in [0.25, 0.3) is 0 Å². The van der Waals surface area contributed by atoms with Gasteiger partial charge in [-0.05, 0) is 13.0 Å². The summed E-state index contributed by atoms with van der Waals surface area (Å²) in [6.45, 7) is 1.48. The normalized spacial score (nSPS) is 11.6. The van der Waals surface area contributed by atoms with Crippen molar-refractivity contribution in [2.24, 2.45) is 0 Å². The third-order valence-corrected chi connectivity index (χ3v) is 2.87. The number of nitrogen functional groups attached to an aromatic ring is 1. The van der Waals surface area contributed by atoms with Crippen molar-refractivity contribution in [2.75, 3.05) is 12.8 Å². The number of amides is 2. The second-order valence-corrected chi connectivity index (χ2v) is 4.36. The topological polar surface area (TPSA) is 127 Å². The summed E-state index contributed by atoms with van der Waals surface area (Å²) in [5.74, 6) is -1.06. The minimum Gasteiger partial charge on any atom is -0.392 e. The molecule has 0 bridgehead atoms. The number of likely N-dealkylation sites (N-methyl/N-ethyl adjacent to an activating group) is 1. The number of carbonyl (C=O) groups is 2. The van der Waals surface area contributed by atoms with Crippen LogP contribution in [0.4, 0.5) is 11.4 Å². The number of carbonyl (C=O) groups excluding carboxylic acids is 2. The fourth-order valence-electron chi connectivity index (χ4n) is 1.45. The first-order valence-corrected chi connectivity index (χ1v) is 5.91. The van der Waals surface area contributed by atoms with Crippen molar-refractivity contribution in [2.45, 2.75) is 13.0 Å². The molecule has 1 unspecified atom stereocenters. The number of hydrogen-bond donors (Lipinski definition) is 3. The van der Waals surface area contributed by atoms with E-state index in [1.165, 1.54) is 20.0 Å². The highest BCUT2D eigenvalue weighted by Crippen LogP contribution is 2.30. The van der Waals surface area contributed by atoms with E-state index in [1.54, 1.807) is 0 Å². The van der Waals surface area contributed by atoms with E-state index in [0.29, 0.717) is 0 Å². The highest BCUT2D eigenvalue weighted by atomic mass is 35.5. The molecular formula is C11H13ClN4O4. The monoisotopic (exact) mass is 300 g/mol. The zero-order valence-electron chi connectivity index (χ0n) is 10.8. The molecule has 2 amide bonds. The molecule has 9 heteroatoms. The van der Waals surface area contributed by atoms with Crippen molar-refractivity contribution < 1.29 is 14.5 Å². The van der Waals surface area contributed by atoms with Gasteiger partial charge in [-0.25, -0.2) is 0 Å². The lowest BCUT2D eigenvalue weighted by atomic mass is 10.1. The quantitative estimate of drug-likeness (QED) is 0.428. The van der Waals surface area contributed by atoms with Gasteiger partial charge in [-0.15, -0.1) is 0 Å². The minimum atomic E-state index is -0.789. The molecule has 8 nitrogen and oxygen atoms in total. The SMILES string of the molecule is CNC(=O)C(C)NC(=O)c1cc(Cl)c(N)c([N+](=O)[O-])c1. The van der Waals surface area contributed by atoms with E-state index in [-0.39, 0.29) is 16.3 Å². The van der Waals surface area contributed by atoms with E-state index in [4.69, 9.17) is 17.3 Å². The van der Waals surface area contributed by atoms with Gasteiger partial charge in [-0.1, -0.05) is 11.6 Å². The molecule has 1 aromatic carbocycles. The van der Waals surface area contributed by atoms with E-state index in [2.05, 4.69) is 10.6 Å². The fourth-order valence-corrected chi connectivity index (χ4v) is 1.66. The van der Waals surface area contributed by atoms with Gasteiger partial charge in [0.15, 0.2) is 0 Å². The van der Waals surface area contributed by atoms with Gasteiger partial charge in [0.25, 0.3) is 11.6 Å². The van der Waals surface area contributed by atoms with Crippen LogP contribution >= 0.6 is 11.6 Å². The maximum Gasteiger partial charge on any atom is 0.294 e. The Bertz CT molecular complexity index is 576. The molecule has 0 saturated heterocycles. The van der Waals surface area contributed by atoms with Crippen LogP contribution in [-0.4, -0.2) is 29.8 Å². The number of anilines is 1. The summed E-state index contributed by atoms with van der Waals surface area (Å²) in [4.78, 5) is 33.3. The lowest BCUT2D eigenvalue weighted by molar-refractivity contribution is -0.383. The maximum atomic E-state index is 11.9. The molecule has 0 heterocycles. The number of hydrogen-bond acceptors (Lipinski definition) is 5. The predicted octanol–water partition coefficient (Wildman–Crippen LogP) is 0.695. The van der Waals surface area contributed by atoms with Crippen molar-refractivity contribution in [3.05, 3.63) is 32.8 Å². The summed E-state index contributed by atoms with van der Waals surface area (Å²) < 4.78 is 0. The van der Waals surface area contributed by atoms with Crippen LogP contribution < -0.4 is 16.4 Å². The first-order valence-electron chi connectivity index (χ1n) is 5.53. The molecule has 0 aliphatic carbocycles. The fraction of sp³-hybridized carbons (Fsp3) is 0.273. The summed E-state index contributed by atoms with van der Waals surface area (Å²) in [5, 5.41) is 15.4. The van der Waals surface area contributed by atoms with Crippen LogP contribution in [0, 0.1) is 10.1 Å². The van der Waals surface area contributed by atoms with Crippen LogP contribution in [-0.2, 0) is 4.79 Å². The first-order chi connectivity index (χ1) is 9.27. The van der Waals surface area contributed by atoms with Gasteiger partial charge < -0.3 is 16.4 Å². The summed E-state index contributed by atoms with van der Waals surface area (Å²) in [7, 11) is 1.43. The van der Waals surface area contributed by atoms with Gasteiger partial charge in [0.1, 0.15) is 11.7 Å². The van der Waals surface area contributed by atoms with Crippen LogP contribution in [0.2, 0.25) is 5.02 Å². The predicted molar refractivity (Wildman–Crippen MR) is 73.5 cm³/mol. The second kappa shape index (κ2) is 6.20. The van der Waals surface area contributed by atoms with E-state index in [0.717, 1.165) is 6.07 Å². The van der Waals surface area contributed by atoms with Crippen LogP contribution in [0.5, 0.6) is 0 Å². The van der Waals surface area contributed by atoms with Crippen molar-refractivity contribution in [3.8, 4) is 0 Å². The molecule has 0 spiro atoms. The Morgan fingerprint density at radius 2 is 2.05 bits per heavy atom. The Kier molecular flexibility index (Phi) is 4.87. The number of nitro groups is 1. The molecule has 108 valence electrons. The molecule has 0 fully saturated rings. The van der Waals surface area contributed by atoms with E-state index < -0.39 is 28.5 Å². The Hall–Kier alpha value is -2.35. The third-order valence-electron chi connectivity index (χ3n) is 2.55. The molecule has 0 aliphatic heterocycles. The number of benzene rings is 1. The van der Waals surface area contributed by atoms with E-state index in [1.807, 2.05) is 0 Å². The number of halogens is 1. The lowest BCUT2D eigenvalue weighted by Crippen LogP contribution is -2.43. The lowest BCUT2D eigenvalue weighted by Gasteiger charge is -2.12. The summed E-state index contributed by atoms with van der Waals surface area (Å²) in [6, 6.07) is 1.42. The van der Waals surface area contributed by atoms with Gasteiger partial charge in [0, 0.05) is 18.7 Å². The van der Waals surface area contributed by atoms with E-state index in [9.17, 15) is 19.7 Å². The highest BCUT2D eigenvalue weighted by Gasteiger charge is 2.21. The Morgan fingerprint density at radius 3 is 2.55 bits per heavy atom. The van der Waals surface area contributed by atoms with Gasteiger partial charge in [0.05, 0.1) is 9.95 Å². The Labute approximate surface area is 119 Å². The summed E-state index contributed by atoms with van der Waals surface area (Å²) in [5.41, 5.74) is 4.73. The third kappa shape index (κ3) is 3.35. The molecular weight excluding hydrogens is 288 g/mol. The van der Waals surface area contributed by atoms with Crippen molar-refractivity contribution in [1.82, 2.24) is 10.6 Å². The zero-order chi connectivity index (χ0) is 15.4. The Balaban J connectivity index is 3.05. The smallest absolute Gasteiger partial charge is 0.294 e. The van der Waals surface area contributed by atoms with E-state index >= 15 is 0 Å². The molecule has 0 saturated carbocycles. The first kappa shape index (κ1) is 15.7. The van der Waals surface area contributed by atoms with Crippen LogP contribution in [0.15, 0.2) is 12.1 Å². The highest BCUT2D eigenvalue weighted by molar-refractivity contribution is 6.34. The Morgan fingerprint density at radius 1 is 1.45 bits per heavy atom. The molecule has 0 radical (unpaired) electrons. The molecule has 0 aliphatic rings. The molecule has 1 rings (SSSR count). The average Bonchev–Trinajstić information content (AvgIpc) is 2.39. The number of nitrogens with two attached hydrogens (primary N) is 1. The molecule has 4 N–H and O–H groups in total. The second-order valence-electron chi connectivity index (χ2n) is 3.96. The van der Waals surface area contributed by atoms with Gasteiger partial charge in [-0.3, -0.25) is 19.7 Å². The van der Waals surface area contributed by atoms with Gasteiger partial charge in [-0.2, -0.15) is 0 Å². The van der Waals surface area contributed by atoms with Gasteiger partial charge in [0.2, 0.25) is 5.91 Å². The molecule has 1 aromatic rings. The number of nitrogens with zero attached hydrogens (tertiary/aromatic N) is 1. The van der Waals surface area contributed by atoms with Gasteiger partial charge >= 0.3 is 0 Å². The summed E-state index contributed by atoms with van der Waals surface area (Å²) in [6.07, 6.45) is 0. The minimum absolute atomic E-state index is 0.0494. The standard InChI is InChI=1S/C11H13ClN4O4/c1-5(10(17)14-2)15-11(18)6-3-7(12)9(13)8(4-6)16(19)20/h3-5H,13H2,1-2H3,(H,14,17)(H,15,18). The molecule has 1 atom stereocenters. The molecule has 0 aromatic heterocycles. The number of rotatable bonds is 4. The largest absolute Gasteiger partial charge is 0.392 e. The van der Waals surface area contributed by atoms with Crippen LogP contribution in [0.1, 0.15) is 17.3 Å². The van der Waals surface area contributed by atoms with Crippen molar-refractivity contribution in [1.29, 1.82) is 0 Å². The molecule has 20 heavy (non-hydrogen) atoms. The van der Waals surface area contributed by atoms with Crippen molar-refractivity contribution in [3.63, 3.8) is 0 Å².